The van der Waals surface area contributed by atoms with Crippen LogP contribution in [0.2, 0.25) is 0 Å². The third kappa shape index (κ3) is 4.70. The number of morpholine rings is 1. The molecule has 0 bridgehead atoms. The molecule has 1 heterocycles. The minimum absolute atomic E-state index is 0.137. The van der Waals surface area contributed by atoms with Gasteiger partial charge in [-0.25, -0.2) is 0 Å². The lowest BCUT2D eigenvalue weighted by Gasteiger charge is -2.33. The largest absolute Gasteiger partial charge is 0.375 e. The highest BCUT2D eigenvalue weighted by atomic mass is 16.5. The fraction of sp³-hybridized carbons (Fsp3) is 0.409. The molecule has 0 saturated carbocycles. The van der Waals surface area contributed by atoms with E-state index >= 15 is 0 Å². The number of aryl methyl sites for hydroxylation is 3. The summed E-state index contributed by atoms with van der Waals surface area (Å²) in [7, 11) is 0. The second-order valence-corrected chi connectivity index (χ2v) is 6.94. The minimum Gasteiger partial charge on any atom is -0.375 e. The molecule has 1 atom stereocenters. The number of hydrogen-bond acceptors (Lipinski definition) is 2. The first-order chi connectivity index (χ1) is 12.1. The molecule has 3 rings (SSSR count). The van der Waals surface area contributed by atoms with Crippen molar-refractivity contribution in [1.29, 1.82) is 0 Å². The van der Waals surface area contributed by atoms with Crippen LogP contribution in [0.15, 0.2) is 48.5 Å². The Bertz CT molecular complexity index is 711. The molecule has 1 fully saturated rings. The van der Waals surface area contributed by atoms with Gasteiger partial charge in [0, 0.05) is 18.7 Å². The van der Waals surface area contributed by atoms with Crippen molar-refractivity contribution >= 4 is 5.91 Å². The van der Waals surface area contributed by atoms with Gasteiger partial charge in [-0.3, -0.25) is 4.79 Å². The molecule has 0 aliphatic carbocycles. The average molecular weight is 337 g/mol. The summed E-state index contributed by atoms with van der Waals surface area (Å²) in [5.74, 6) is 0.137. The number of ether oxygens (including phenoxy) is 1. The van der Waals surface area contributed by atoms with Crippen molar-refractivity contribution in [2.75, 3.05) is 19.7 Å². The standard InChI is InChI=1S/C22H27NO2/c1-17-11-12-18(2)21(15-17)22(24)23-13-14-25-20(16-23)10-6-9-19-7-4-3-5-8-19/h3-5,7-8,11-12,15,20H,6,9-10,13-14,16H2,1-2H3. The molecule has 3 heteroatoms. The van der Waals surface area contributed by atoms with Gasteiger partial charge in [-0.05, 0) is 50.3 Å². The number of nitrogens with zero attached hydrogens (tertiary/aromatic N) is 1. The van der Waals surface area contributed by atoms with E-state index in [2.05, 4.69) is 30.3 Å². The Morgan fingerprint density at radius 3 is 2.76 bits per heavy atom. The zero-order valence-corrected chi connectivity index (χ0v) is 15.2. The first-order valence-corrected chi connectivity index (χ1v) is 9.15. The maximum absolute atomic E-state index is 12.9. The van der Waals surface area contributed by atoms with Gasteiger partial charge >= 0.3 is 0 Å². The van der Waals surface area contributed by atoms with Gasteiger partial charge in [0.15, 0.2) is 0 Å². The molecular formula is C22H27NO2. The van der Waals surface area contributed by atoms with Gasteiger partial charge in [0.1, 0.15) is 0 Å². The molecule has 1 aliphatic rings. The first-order valence-electron chi connectivity index (χ1n) is 9.15. The molecule has 1 aliphatic heterocycles. The van der Waals surface area contributed by atoms with Crippen molar-refractivity contribution in [3.63, 3.8) is 0 Å². The van der Waals surface area contributed by atoms with Crippen LogP contribution in [0.4, 0.5) is 0 Å². The van der Waals surface area contributed by atoms with Crippen molar-refractivity contribution < 1.29 is 9.53 Å². The summed E-state index contributed by atoms with van der Waals surface area (Å²) in [4.78, 5) is 14.8. The van der Waals surface area contributed by atoms with Crippen LogP contribution in [0.5, 0.6) is 0 Å². The van der Waals surface area contributed by atoms with Gasteiger partial charge in [-0.1, -0.05) is 48.0 Å². The normalized spacial score (nSPS) is 17.5. The Morgan fingerprint density at radius 1 is 1.16 bits per heavy atom. The Labute approximate surface area is 150 Å². The van der Waals surface area contributed by atoms with E-state index in [0.29, 0.717) is 19.7 Å². The molecule has 2 aromatic rings. The Hall–Kier alpha value is -2.13. The molecule has 25 heavy (non-hydrogen) atoms. The summed E-state index contributed by atoms with van der Waals surface area (Å²) >= 11 is 0. The monoisotopic (exact) mass is 337 g/mol. The topological polar surface area (TPSA) is 29.5 Å². The van der Waals surface area contributed by atoms with Gasteiger partial charge in [-0.2, -0.15) is 0 Å². The molecular weight excluding hydrogens is 310 g/mol. The molecule has 0 radical (unpaired) electrons. The average Bonchev–Trinajstić information content (AvgIpc) is 2.64. The fourth-order valence-electron chi connectivity index (χ4n) is 3.39. The molecule has 0 N–H and O–H groups in total. The van der Waals surface area contributed by atoms with E-state index in [4.69, 9.17) is 4.74 Å². The highest BCUT2D eigenvalue weighted by molar-refractivity contribution is 5.95. The predicted molar refractivity (Wildman–Crippen MR) is 101 cm³/mol. The van der Waals surface area contributed by atoms with E-state index in [1.807, 2.05) is 36.9 Å². The van der Waals surface area contributed by atoms with Crippen LogP contribution in [-0.2, 0) is 11.2 Å². The lowest BCUT2D eigenvalue weighted by atomic mass is 10.0. The second kappa shape index (κ2) is 8.30. The van der Waals surface area contributed by atoms with Crippen molar-refractivity contribution in [2.45, 2.75) is 39.2 Å². The van der Waals surface area contributed by atoms with Crippen LogP contribution < -0.4 is 0 Å². The van der Waals surface area contributed by atoms with Crippen LogP contribution in [-0.4, -0.2) is 36.6 Å². The third-order valence-corrected chi connectivity index (χ3v) is 4.88. The molecule has 3 nitrogen and oxygen atoms in total. The lowest BCUT2D eigenvalue weighted by molar-refractivity contribution is -0.0255. The minimum atomic E-state index is 0.137. The number of carbonyl (C=O) groups excluding carboxylic acids is 1. The summed E-state index contributed by atoms with van der Waals surface area (Å²) in [5, 5.41) is 0. The molecule has 1 unspecified atom stereocenters. The molecule has 0 aromatic heterocycles. The molecule has 1 amide bonds. The maximum Gasteiger partial charge on any atom is 0.254 e. The highest BCUT2D eigenvalue weighted by Crippen LogP contribution is 2.18. The van der Waals surface area contributed by atoms with E-state index < -0.39 is 0 Å². The summed E-state index contributed by atoms with van der Waals surface area (Å²) in [5.41, 5.74) is 4.36. The molecule has 2 aromatic carbocycles. The second-order valence-electron chi connectivity index (χ2n) is 6.94. The summed E-state index contributed by atoms with van der Waals surface area (Å²) in [6.45, 7) is 6.04. The van der Waals surface area contributed by atoms with Crippen LogP contribution in [0.1, 0.15) is 39.9 Å². The first kappa shape index (κ1) is 17.7. The summed E-state index contributed by atoms with van der Waals surface area (Å²) < 4.78 is 5.89. The van der Waals surface area contributed by atoms with Crippen LogP contribution in [0.25, 0.3) is 0 Å². The number of amides is 1. The number of rotatable bonds is 5. The van der Waals surface area contributed by atoms with Gasteiger partial charge in [-0.15, -0.1) is 0 Å². The molecule has 1 saturated heterocycles. The third-order valence-electron chi connectivity index (χ3n) is 4.88. The SMILES string of the molecule is Cc1ccc(C)c(C(=O)N2CCOC(CCCc3ccccc3)C2)c1. The zero-order valence-electron chi connectivity index (χ0n) is 15.2. The van der Waals surface area contributed by atoms with E-state index in [0.717, 1.165) is 36.0 Å². The highest BCUT2D eigenvalue weighted by Gasteiger charge is 2.25. The zero-order chi connectivity index (χ0) is 17.6. The van der Waals surface area contributed by atoms with E-state index in [9.17, 15) is 4.79 Å². The van der Waals surface area contributed by atoms with Crippen molar-refractivity contribution in [3.05, 3.63) is 70.8 Å². The number of benzene rings is 2. The quantitative estimate of drug-likeness (QED) is 0.819. The number of hydrogen-bond donors (Lipinski definition) is 0. The van der Waals surface area contributed by atoms with Gasteiger partial charge in [0.2, 0.25) is 0 Å². The molecule has 0 spiro atoms. The van der Waals surface area contributed by atoms with E-state index in [1.165, 1.54) is 5.56 Å². The Kier molecular flexibility index (Phi) is 5.87. The van der Waals surface area contributed by atoms with Crippen molar-refractivity contribution in [1.82, 2.24) is 4.90 Å². The fourth-order valence-corrected chi connectivity index (χ4v) is 3.39. The Balaban J connectivity index is 1.55. The smallest absolute Gasteiger partial charge is 0.254 e. The van der Waals surface area contributed by atoms with E-state index in [1.54, 1.807) is 0 Å². The summed E-state index contributed by atoms with van der Waals surface area (Å²) in [6.07, 6.45) is 3.28. The van der Waals surface area contributed by atoms with Crippen LogP contribution in [0, 0.1) is 13.8 Å². The maximum atomic E-state index is 12.9. The molecule has 132 valence electrons. The Morgan fingerprint density at radius 2 is 1.96 bits per heavy atom. The van der Waals surface area contributed by atoms with Crippen LogP contribution >= 0.6 is 0 Å². The van der Waals surface area contributed by atoms with Gasteiger partial charge in [0.25, 0.3) is 5.91 Å². The number of carbonyl (C=O) groups is 1. The van der Waals surface area contributed by atoms with Crippen molar-refractivity contribution in [3.8, 4) is 0 Å². The van der Waals surface area contributed by atoms with Crippen LogP contribution in [0.3, 0.4) is 0 Å². The predicted octanol–water partition coefficient (Wildman–Crippen LogP) is 4.17. The summed E-state index contributed by atoms with van der Waals surface area (Å²) in [6, 6.07) is 16.6. The van der Waals surface area contributed by atoms with Gasteiger partial charge < -0.3 is 9.64 Å². The van der Waals surface area contributed by atoms with Crippen molar-refractivity contribution in [2.24, 2.45) is 0 Å². The van der Waals surface area contributed by atoms with E-state index in [-0.39, 0.29) is 12.0 Å². The lowest BCUT2D eigenvalue weighted by Crippen LogP contribution is -2.45. The van der Waals surface area contributed by atoms with Gasteiger partial charge in [0.05, 0.1) is 12.7 Å².